The molecule has 0 aliphatic heterocycles. The Hall–Kier alpha value is -4.55. The van der Waals surface area contributed by atoms with Gasteiger partial charge in [-0.3, -0.25) is 24.2 Å². The highest BCUT2D eigenvalue weighted by atomic mass is 16.5. The molecule has 166 valence electrons. The summed E-state index contributed by atoms with van der Waals surface area (Å²) >= 11 is 0. The molecule has 6 N–H and O–H groups in total. The normalized spacial score (nSPS) is 11.5. The number of nitrogens with two attached hydrogens (primary N) is 1. The highest BCUT2D eigenvalue weighted by Crippen LogP contribution is 2.12. The van der Waals surface area contributed by atoms with Crippen molar-refractivity contribution in [1.29, 1.82) is 0 Å². The minimum absolute atomic E-state index is 0.0438. The molecule has 0 aliphatic carbocycles. The van der Waals surface area contributed by atoms with Crippen LogP contribution in [0.5, 0.6) is 0 Å². The van der Waals surface area contributed by atoms with Crippen molar-refractivity contribution >= 4 is 41.1 Å². The number of aromatic nitrogens is 4. The molecule has 0 unspecified atom stereocenters. The van der Waals surface area contributed by atoms with Crippen molar-refractivity contribution in [2.75, 3.05) is 11.1 Å². The molecule has 0 bridgehead atoms. The van der Waals surface area contributed by atoms with E-state index < -0.39 is 23.7 Å². The molecule has 0 aliphatic rings. The third kappa shape index (κ3) is 5.75. The van der Waals surface area contributed by atoms with Crippen molar-refractivity contribution < 1.29 is 24.2 Å². The molecular weight excluding hydrogens is 422 g/mol. The lowest BCUT2D eigenvalue weighted by atomic mass is 10.2. The van der Waals surface area contributed by atoms with E-state index in [1.807, 2.05) is 0 Å². The van der Waals surface area contributed by atoms with Crippen LogP contribution in [0.1, 0.15) is 28.9 Å². The molecule has 0 saturated heterocycles. The first-order chi connectivity index (χ1) is 15.4. The van der Waals surface area contributed by atoms with Crippen LogP contribution in [-0.4, -0.2) is 49.6 Å². The van der Waals surface area contributed by atoms with Crippen LogP contribution in [0.3, 0.4) is 0 Å². The van der Waals surface area contributed by atoms with E-state index in [0.29, 0.717) is 11.4 Å². The summed E-state index contributed by atoms with van der Waals surface area (Å²) in [6, 6.07) is 6.36. The summed E-state index contributed by atoms with van der Waals surface area (Å²) in [6.45, 7) is 0.400. The van der Waals surface area contributed by atoms with E-state index >= 15 is 0 Å². The van der Waals surface area contributed by atoms with Gasteiger partial charge in [-0.15, -0.1) is 0 Å². The average molecular weight is 441 g/mol. The van der Waals surface area contributed by atoms with Gasteiger partial charge in [0.05, 0.1) is 24.9 Å². The van der Waals surface area contributed by atoms with E-state index in [4.69, 9.17) is 15.6 Å². The summed E-state index contributed by atoms with van der Waals surface area (Å²) < 4.78 is 4.70. The van der Waals surface area contributed by atoms with E-state index in [1.54, 1.807) is 12.1 Å². The lowest BCUT2D eigenvalue weighted by Gasteiger charge is -2.16. The highest BCUT2D eigenvalue weighted by molar-refractivity contribution is 5.94. The lowest BCUT2D eigenvalue weighted by Crippen LogP contribution is -2.37. The average Bonchev–Trinajstić information content (AvgIpc) is 2.76. The molecule has 1 aromatic carbocycles. The summed E-state index contributed by atoms with van der Waals surface area (Å²) in [5.41, 5.74) is 6.64. The molecule has 2 aromatic heterocycles. The Balaban J connectivity index is 1.61. The smallest absolute Gasteiger partial charge is 0.303 e. The summed E-state index contributed by atoms with van der Waals surface area (Å²) in [6.07, 6.45) is 0.0902. The zero-order valence-corrected chi connectivity index (χ0v) is 16.6. The first-order valence-electron chi connectivity index (χ1n) is 9.33. The van der Waals surface area contributed by atoms with Crippen molar-refractivity contribution in [1.82, 2.24) is 25.3 Å². The predicted molar refractivity (Wildman–Crippen MR) is 111 cm³/mol. The third-order valence-corrected chi connectivity index (χ3v) is 4.24. The Morgan fingerprint density at radius 2 is 2.00 bits per heavy atom. The number of aromatic amines is 1. The van der Waals surface area contributed by atoms with Gasteiger partial charge in [0.2, 0.25) is 5.95 Å². The van der Waals surface area contributed by atoms with Crippen LogP contribution < -0.4 is 21.9 Å². The molecule has 0 saturated carbocycles. The second-order valence-electron chi connectivity index (χ2n) is 6.54. The van der Waals surface area contributed by atoms with Gasteiger partial charge >= 0.3 is 5.97 Å². The van der Waals surface area contributed by atoms with Gasteiger partial charge in [0.15, 0.2) is 17.4 Å². The Morgan fingerprint density at radius 1 is 1.25 bits per heavy atom. The standard InChI is InChI=1S/C19H19N7O6/c20-19-25-16-15(18(31)26-19)23-12(8-22-16)7-21-11-3-1-10(2-4-11)17(30)24-13(32-9-27)5-6-14(28)29/h1-4,8-9,13,21H,5-7H2,(H,24,30)(H,28,29)(H3,20,22,25,26,31)/t13-/m1/s1. The fraction of sp³-hybridized carbons (Fsp3) is 0.211. The maximum absolute atomic E-state index is 12.3. The first kappa shape index (κ1) is 22.1. The number of nitrogen functional groups attached to an aromatic ring is 1. The second-order valence-corrected chi connectivity index (χ2v) is 6.54. The maximum atomic E-state index is 12.3. The number of carbonyl (C=O) groups is 3. The summed E-state index contributed by atoms with van der Waals surface area (Å²) in [4.78, 5) is 60.0. The van der Waals surface area contributed by atoms with Gasteiger partial charge < -0.3 is 26.2 Å². The molecule has 1 atom stereocenters. The molecule has 13 nitrogen and oxygen atoms in total. The summed E-state index contributed by atoms with van der Waals surface area (Å²) in [7, 11) is 0. The van der Waals surface area contributed by atoms with Gasteiger partial charge in [0, 0.05) is 17.7 Å². The minimum Gasteiger partial charge on any atom is -0.481 e. The quantitative estimate of drug-likeness (QED) is 0.209. The molecule has 13 heteroatoms. The number of aliphatic carboxylic acids is 1. The van der Waals surface area contributed by atoms with Crippen molar-refractivity contribution in [3.63, 3.8) is 0 Å². The number of carboxylic acids is 1. The van der Waals surface area contributed by atoms with Gasteiger partial charge in [-0.2, -0.15) is 4.98 Å². The van der Waals surface area contributed by atoms with Crippen LogP contribution in [0.15, 0.2) is 35.3 Å². The maximum Gasteiger partial charge on any atom is 0.303 e. The van der Waals surface area contributed by atoms with Crippen LogP contribution in [0, 0.1) is 0 Å². The van der Waals surface area contributed by atoms with Crippen molar-refractivity contribution in [2.24, 2.45) is 0 Å². The van der Waals surface area contributed by atoms with E-state index in [1.165, 1.54) is 18.3 Å². The zero-order chi connectivity index (χ0) is 23.1. The van der Waals surface area contributed by atoms with Crippen LogP contribution in [-0.2, 0) is 20.9 Å². The number of hydrogen-bond donors (Lipinski definition) is 5. The number of anilines is 2. The largest absolute Gasteiger partial charge is 0.481 e. The molecule has 32 heavy (non-hydrogen) atoms. The third-order valence-electron chi connectivity index (χ3n) is 4.24. The van der Waals surface area contributed by atoms with Crippen LogP contribution in [0.4, 0.5) is 11.6 Å². The molecule has 0 spiro atoms. The predicted octanol–water partition coefficient (Wildman–Crippen LogP) is 0.00110. The number of carbonyl (C=O) groups excluding carboxylic acids is 2. The van der Waals surface area contributed by atoms with Gasteiger partial charge in [-0.05, 0) is 24.3 Å². The molecule has 2 heterocycles. The van der Waals surface area contributed by atoms with Crippen LogP contribution in [0.25, 0.3) is 11.2 Å². The number of rotatable bonds is 10. The Labute approximate surface area is 180 Å². The summed E-state index contributed by atoms with van der Waals surface area (Å²) in [5, 5.41) is 14.3. The fourth-order valence-corrected chi connectivity index (χ4v) is 2.71. The number of nitrogens with zero attached hydrogens (tertiary/aromatic N) is 3. The van der Waals surface area contributed by atoms with E-state index in [-0.39, 0.29) is 48.5 Å². The van der Waals surface area contributed by atoms with Crippen molar-refractivity contribution in [3.8, 4) is 0 Å². The molecule has 0 radical (unpaired) electrons. The van der Waals surface area contributed by atoms with Gasteiger partial charge in [-0.25, -0.2) is 9.97 Å². The molecule has 3 rings (SSSR count). The Bertz CT molecular complexity index is 1190. The molecule has 0 fully saturated rings. The van der Waals surface area contributed by atoms with Crippen LogP contribution in [0.2, 0.25) is 0 Å². The number of fused-ring (bicyclic) bond motifs is 1. The number of benzene rings is 1. The molecule has 3 aromatic rings. The lowest BCUT2D eigenvalue weighted by molar-refractivity contribution is -0.141. The zero-order valence-electron chi connectivity index (χ0n) is 16.6. The number of H-pyrrole nitrogens is 1. The van der Waals surface area contributed by atoms with Gasteiger partial charge in [-0.1, -0.05) is 0 Å². The Morgan fingerprint density at radius 3 is 2.69 bits per heavy atom. The summed E-state index contributed by atoms with van der Waals surface area (Å²) in [5.74, 6) is -1.65. The van der Waals surface area contributed by atoms with Gasteiger partial charge in [0.25, 0.3) is 17.9 Å². The van der Waals surface area contributed by atoms with E-state index in [2.05, 4.69) is 30.6 Å². The highest BCUT2D eigenvalue weighted by Gasteiger charge is 2.16. The van der Waals surface area contributed by atoms with Crippen molar-refractivity contribution in [3.05, 3.63) is 52.1 Å². The van der Waals surface area contributed by atoms with Crippen LogP contribution >= 0.6 is 0 Å². The number of carboxylic acid groups (broad SMARTS) is 1. The van der Waals surface area contributed by atoms with Crippen molar-refractivity contribution in [2.45, 2.75) is 25.6 Å². The minimum atomic E-state index is -1.07. The second kappa shape index (κ2) is 9.97. The van der Waals surface area contributed by atoms with Gasteiger partial charge in [0.1, 0.15) is 0 Å². The van der Waals surface area contributed by atoms with E-state index in [9.17, 15) is 19.2 Å². The number of amides is 1. The molecule has 1 amide bonds. The molecular formula is C19H19N7O6. The fourth-order valence-electron chi connectivity index (χ4n) is 2.71. The number of nitrogens with one attached hydrogen (secondary N) is 3. The van der Waals surface area contributed by atoms with E-state index in [0.717, 1.165) is 0 Å². The first-order valence-corrected chi connectivity index (χ1v) is 9.33. The Kier molecular flexibility index (Phi) is 6.90. The SMILES string of the molecule is Nc1nc2ncc(CNc3ccc(C(=O)N[C@@H](CCC(=O)O)OC=O)cc3)nc2c(=O)[nH]1. The number of hydrogen-bond acceptors (Lipinski definition) is 10. The number of ether oxygens (including phenoxy) is 1. The monoisotopic (exact) mass is 441 g/mol. The topological polar surface area (TPSA) is 202 Å².